The zero-order valence-corrected chi connectivity index (χ0v) is 11.2. The number of nitrogens with one attached hydrogen (secondary N) is 1. The van der Waals surface area contributed by atoms with Crippen LogP contribution >= 0.6 is 0 Å². The van der Waals surface area contributed by atoms with Gasteiger partial charge in [0.25, 0.3) is 0 Å². The minimum Gasteiger partial charge on any atom is -0.426 e. The number of likely N-dealkylation sites (tertiary alicyclic amines) is 1. The van der Waals surface area contributed by atoms with E-state index in [0.29, 0.717) is 13.0 Å². The molecule has 108 valence electrons. The molecule has 0 radical (unpaired) electrons. The summed E-state index contributed by atoms with van der Waals surface area (Å²) in [6.45, 7) is 0.843. The number of amides is 1. The number of carbonyl (C=O) groups excluding carboxylic acids is 1. The first-order chi connectivity index (χ1) is 9.08. The van der Waals surface area contributed by atoms with E-state index >= 15 is 0 Å². The van der Waals surface area contributed by atoms with E-state index in [0.717, 1.165) is 32.1 Å². The number of rotatable bonds is 4. The number of aliphatic hydroxyl groups excluding tert-OH is 1. The summed E-state index contributed by atoms with van der Waals surface area (Å²) in [6.07, 6.45) is 4.63. The maximum atomic E-state index is 12.1. The highest BCUT2D eigenvalue weighted by Crippen LogP contribution is 2.20. The summed E-state index contributed by atoms with van der Waals surface area (Å²) in [5.74, 6) is -0.524. The molecule has 0 bridgehead atoms. The minimum atomic E-state index is -1.45. The van der Waals surface area contributed by atoms with Crippen LogP contribution in [0.1, 0.15) is 38.5 Å². The SMILES string of the molecule is O=C(CNC1CCC(O)CC1)N1CCCC1B(O)O. The third-order valence-corrected chi connectivity index (χ3v) is 4.20. The Kier molecular flexibility index (Phi) is 5.21. The Balaban J connectivity index is 1.75. The van der Waals surface area contributed by atoms with Crippen molar-refractivity contribution in [1.82, 2.24) is 10.2 Å². The first-order valence-electron chi connectivity index (χ1n) is 7.15. The molecule has 1 heterocycles. The first-order valence-corrected chi connectivity index (χ1v) is 7.15. The van der Waals surface area contributed by atoms with Crippen LogP contribution in [0.3, 0.4) is 0 Å². The Morgan fingerprint density at radius 2 is 1.89 bits per heavy atom. The van der Waals surface area contributed by atoms with E-state index in [-0.39, 0.29) is 24.6 Å². The lowest BCUT2D eigenvalue weighted by Gasteiger charge is -2.28. The Bertz CT molecular complexity index is 308. The molecule has 6 nitrogen and oxygen atoms in total. The van der Waals surface area contributed by atoms with Crippen molar-refractivity contribution in [2.45, 2.75) is 56.6 Å². The van der Waals surface area contributed by atoms with E-state index in [4.69, 9.17) is 0 Å². The van der Waals surface area contributed by atoms with Crippen molar-refractivity contribution in [3.63, 3.8) is 0 Å². The van der Waals surface area contributed by atoms with Gasteiger partial charge >= 0.3 is 7.12 Å². The Morgan fingerprint density at radius 3 is 2.53 bits per heavy atom. The largest absolute Gasteiger partial charge is 0.475 e. The smallest absolute Gasteiger partial charge is 0.426 e. The number of hydrogen-bond donors (Lipinski definition) is 4. The fraction of sp³-hybridized carbons (Fsp3) is 0.917. The van der Waals surface area contributed by atoms with Gasteiger partial charge in [-0.1, -0.05) is 0 Å². The third kappa shape index (κ3) is 3.92. The molecule has 0 spiro atoms. The van der Waals surface area contributed by atoms with Gasteiger partial charge in [0.15, 0.2) is 0 Å². The van der Waals surface area contributed by atoms with Crippen LogP contribution in [0.2, 0.25) is 0 Å². The molecule has 2 aliphatic rings. The predicted octanol–water partition coefficient (Wildman–Crippen LogP) is -1.12. The van der Waals surface area contributed by atoms with Crippen molar-refractivity contribution in [3.8, 4) is 0 Å². The van der Waals surface area contributed by atoms with Gasteiger partial charge in [-0.2, -0.15) is 0 Å². The molecule has 0 aromatic carbocycles. The number of nitrogens with zero attached hydrogens (tertiary/aromatic N) is 1. The monoisotopic (exact) mass is 270 g/mol. The summed E-state index contributed by atoms with van der Waals surface area (Å²) in [5.41, 5.74) is 0. The zero-order chi connectivity index (χ0) is 13.8. The molecule has 1 saturated heterocycles. The normalized spacial score (nSPS) is 31.5. The second kappa shape index (κ2) is 6.70. The van der Waals surface area contributed by atoms with E-state index < -0.39 is 13.1 Å². The van der Waals surface area contributed by atoms with Crippen LogP contribution in [0.4, 0.5) is 0 Å². The topological polar surface area (TPSA) is 93.0 Å². The molecule has 1 saturated carbocycles. The molecule has 1 aliphatic heterocycles. The lowest BCUT2D eigenvalue weighted by Crippen LogP contribution is -2.49. The van der Waals surface area contributed by atoms with Crippen molar-refractivity contribution in [2.24, 2.45) is 0 Å². The summed E-state index contributed by atoms with van der Waals surface area (Å²) in [4.78, 5) is 13.6. The van der Waals surface area contributed by atoms with Crippen LogP contribution in [0.15, 0.2) is 0 Å². The molecular formula is C12H23BN2O4. The highest BCUT2D eigenvalue weighted by molar-refractivity contribution is 6.43. The quantitative estimate of drug-likeness (QED) is 0.486. The van der Waals surface area contributed by atoms with Gasteiger partial charge in [-0.15, -0.1) is 0 Å². The zero-order valence-electron chi connectivity index (χ0n) is 11.2. The van der Waals surface area contributed by atoms with Crippen molar-refractivity contribution in [2.75, 3.05) is 13.1 Å². The average Bonchev–Trinajstić information content (AvgIpc) is 2.87. The molecule has 4 N–H and O–H groups in total. The summed E-state index contributed by atoms with van der Waals surface area (Å²) < 4.78 is 0. The van der Waals surface area contributed by atoms with E-state index in [1.54, 1.807) is 4.90 Å². The molecule has 1 aliphatic carbocycles. The second-order valence-electron chi connectivity index (χ2n) is 5.60. The van der Waals surface area contributed by atoms with Crippen LogP contribution in [-0.2, 0) is 4.79 Å². The molecule has 1 amide bonds. The lowest BCUT2D eigenvalue weighted by atomic mass is 9.78. The lowest BCUT2D eigenvalue weighted by molar-refractivity contribution is -0.130. The van der Waals surface area contributed by atoms with Crippen LogP contribution in [0.5, 0.6) is 0 Å². The maximum absolute atomic E-state index is 12.1. The highest BCUT2D eigenvalue weighted by Gasteiger charge is 2.36. The molecular weight excluding hydrogens is 247 g/mol. The molecule has 2 fully saturated rings. The van der Waals surface area contributed by atoms with E-state index in [2.05, 4.69) is 5.32 Å². The van der Waals surface area contributed by atoms with Crippen molar-refractivity contribution in [3.05, 3.63) is 0 Å². The van der Waals surface area contributed by atoms with Gasteiger partial charge in [-0.25, -0.2) is 0 Å². The van der Waals surface area contributed by atoms with Gasteiger partial charge in [-0.3, -0.25) is 4.79 Å². The Morgan fingerprint density at radius 1 is 1.21 bits per heavy atom. The predicted molar refractivity (Wildman–Crippen MR) is 71.2 cm³/mol. The summed E-state index contributed by atoms with van der Waals surface area (Å²) >= 11 is 0. The fourth-order valence-corrected chi connectivity index (χ4v) is 3.03. The molecule has 19 heavy (non-hydrogen) atoms. The van der Waals surface area contributed by atoms with E-state index in [9.17, 15) is 19.9 Å². The van der Waals surface area contributed by atoms with Crippen molar-refractivity contribution < 1.29 is 19.9 Å². The van der Waals surface area contributed by atoms with Crippen molar-refractivity contribution in [1.29, 1.82) is 0 Å². The molecule has 0 aromatic rings. The summed E-state index contributed by atoms with van der Waals surface area (Å²) in [6, 6.07) is 0.285. The van der Waals surface area contributed by atoms with Gasteiger partial charge in [0.1, 0.15) is 0 Å². The molecule has 2 rings (SSSR count). The van der Waals surface area contributed by atoms with Crippen LogP contribution < -0.4 is 5.32 Å². The van der Waals surface area contributed by atoms with Gasteiger partial charge in [-0.05, 0) is 38.5 Å². The maximum Gasteiger partial charge on any atom is 0.475 e. The second-order valence-corrected chi connectivity index (χ2v) is 5.60. The Hall–Kier alpha value is -0.625. The highest BCUT2D eigenvalue weighted by atomic mass is 16.4. The van der Waals surface area contributed by atoms with Gasteiger partial charge in [0.05, 0.1) is 18.6 Å². The first kappa shape index (κ1) is 14.8. The fourth-order valence-electron chi connectivity index (χ4n) is 3.03. The number of carbonyl (C=O) groups is 1. The Labute approximate surface area is 113 Å². The average molecular weight is 270 g/mol. The third-order valence-electron chi connectivity index (χ3n) is 4.20. The molecule has 0 aromatic heterocycles. The summed E-state index contributed by atoms with van der Waals surface area (Å²) in [7, 11) is -1.45. The van der Waals surface area contributed by atoms with Gasteiger partial charge in [0, 0.05) is 12.6 Å². The van der Waals surface area contributed by atoms with E-state index in [1.807, 2.05) is 0 Å². The minimum absolute atomic E-state index is 0.0679. The van der Waals surface area contributed by atoms with Gasteiger partial charge < -0.3 is 25.4 Å². The van der Waals surface area contributed by atoms with Gasteiger partial charge in [0.2, 0.25) is 5.91 Å². The van der Waals surface area contributed by atoms with Crippen LogP contribution in [0, 0.1) is 0 Å². The van der Waals surface area contributed by atoms with E-state index in [1.165, 1.54) is 0 Å². The molecule has 7 heteroatoms. The van der Waals surface area contributed by atoms with Crippen molar-refractivity contribution >= 4 is 13.0 Å². The summed E-state index contributed by atoms with van der Waals surface area (Å²) in [5, 5.41) is 31.1. The standard InChI is InChI=1S/C12H23BN2O4/c16-10-5-3-9(4-6-10)14-8-12(17)15-7-1-2-11(15)13(18)19/h9-11,14,16,18-19H,1-8H2. The number of aliphatic hydroxyl groups is 1. The van der Waals surface area contributed by atoms with Crippen LogP contribution in [-0.4, -0.2) is 64.3 Å². The molecule has 1 unspecified atom stereocenters. The molecule has 1 atom stereocenters. The number of hydrogen-bond acceptors (Lipinski definition) is 5. The van der Waals surface area contributed by atoms with Crippen LogP contribution in [0.25, 0.3) is 0 Å².